The number of morpholine rings is 1. The zero-order chi connectivity index (χ0) is 14.0. The molecule has 4 heteroatoms. The fraction of sp³-hybridized carbons (Fsp3) is 0.562. The number of carbonyl (C=O) groups is 1. The molecular formula is C16H22N2O2. The molecule has 1 aromatic rings. The number of amides is 1. The van der Waals surface area contributed by atoms with Gasteiger partial charge in [0.1, 0.15) is 0 Å². The molecule has 1 amide bonds. The summed E-state index contributed by atoms with van der Waals surface area (Å²) in [6, 6.07) is 7.81. The van der Waals surface area contributed by atoms with Gasteiger partial charge < -0.3 is 15.0 Å². The van der Waals surface area contributed by atoms with Crippen LogP contribution in [0.4, 0.5) is 0 Å². The summed E-state index contributed by atoms with van der Waals surface area (Å²) in [5.41, 5.74) is 1.78. The molecule has 0 radical (unpaired) electrons. The highest BCUT2D eigenvalue weighted by atomic mass is 16.5. The summed E-state index contributed by atoms with van der Waals surface area (Å²) in [6.45, 7) is 6.07. The lowest BCUT2D eigenvalue weighted by Gasteiger charge is -2.45. The first-order valence-corrected chi connectivity index (χ1v) is 7.39. The van der Waals surface area contributed by atoms with E-state index in [2.05, 4.69) is 5.32 Å². The Kier molecular flexibility index (Phi) is 3.76. The Labute approximate surface area is 120 Å². The second kappa shape index (κ2) is 5.54. The van der Waals surface area contributed by atoms with Crippen LogP contribution >= 0.6 is 0 Å². The van der Waals surface area contributed by atoms with Crippen LogP contribution in [0.5, 0.6) is 0 Å². The second-order valence-electron chi connectivity index (χ2n) is 5.90. The molecule has 1 spiro atoms. The monoisotopic (exact) mass is 274 g/mol. The summed E-state index contributed by atoms with van der Waals surface area (Å²) in [5.74, 6) is 0.123. The molecular weight excluding hydrogens is 252 g/mol. The van der Waals surface area contributed by atoms with Gasteiger partial charge in [-0.1, -0.05) is 17.7 Å². The van der Waals surface area contributed by atoms with Crippen molar-refractivity contribution in [3.63, 3.8) is 0 Å². The standard InChI is InChI=1S/C16H22N2O2/c1-13-3-5-14(6-4-13)15(19)18-9-2-7-16(12-18)11-17-8-10-20-16/h3-6,17H,2,7-12H2,1H3. The molecule has 3 rings (SSSR count). The van der Waals surface area contributed by atoms with E-state index in [-0.39, 0.29) is 11.5 Å². The normalized spacial score (nSPS) is 26.8. The Hall–Kier alpha value is -1.39. The second-order valence-corrected chi connectivity index (χ2v) is 5.90. The maximum atomic E-state index is 12.6. The van der Waals surface area contributed by atoms with Crippen LogP contribution in [0, 0.1) is 6.92 Å². The van der Waals surface area contributed by atoms with Gasteiger partial charge in [0.25, 0.3) is 5.91 Å². The van der Waals surface area contributed by atoms with Crippen LogP contribution in [0.15, 0.2) is 24.3 Å². The van der Waals surface area contributed by atoms with Crippen LogP contribution in [0.2, 0.25) is 0 Å². The highest BCUT2D eigenvalue weighted by Crippen LogP contribution is 2.27. The Bertz CT molecular complexity index is 472. The highest BCUT2D eigenvalue weighted by Gasteiger charge is 2.39. The topological polar surface area (TPSA) is 41.6 Å². The number of likely N-dealkylation sites (tertiary alicyclic amines) is 1. The Morgan fingerprint density at radius 2 is 2.15 bits per heavy atom. The molecule has 2 saturated heterocycles. The number of hydrogen-bond acceptors (Lipinski definition) is 3. The van der Waals surface area contributed by atoms with Gasteiger partial charge in [-0.3, -0.25) is 4.79 Å². The van der Waals surface area contributed by atoms with Gasteiger partial charge in [-0.25, -0.2) is 0 Å². The third-order valence-corrected chi connectivity index (χ3v) is 4.26. The maximum absolute atomic E-state index is 12.6. The molecule has 0 aliphatic carbocycles. The predicted molar refractivity (Wildman–Crippen MR) is 77.9 cm³/mol. The lowest BCUT2D eigenvalue weighted by atomic mass is 9.91. The summed E-state index contributed by atoms with van der Waals surface area (Å²) in [4.78, 5) is 14.5. The molecule has 1 unspecified atom stereocenters. The zero-order valence-corrected chi connectivity index (χ0v) is 12.0. The van der Waals surface area contributed by atoms with Crippen molar-refractivity contribution < 1.29 is 9.53 Å². The Morgan fingerprint density at radius 1 is 1.35 bits per heavy atom. The summed E-state index contributed by atoms with van der Waals surface area (Å²) in [5, 5.41) is 3.39. The minimum atomic E-state index is -0.170. The minimum absolute atomic E-state index is 0.123. The van der Waals surface area contributed by atoms with Gasteiger partial charge in [0.2, 0.25) is 0 Å². The van der Waals surface area contributed by atoms with Crippen molar-refractivity contribution in [1.29, 1.82) is 0 Å². The molecule has 2 aliphatic heterocycles. The van der Waals surface area contributed by atoms with Gasteiger partial charge in [0.05, 0.1) is 18.8 Å². The zero-order valence-electron chi connectivity index (χ0n) is 12.0. The molecule has 2 aliphatic rings. The fourth-order valence-corrected chi connectivity index (χ4v) is 3.12. The number of hydrogen-bond donors (Lipinski definition) is 1. The van der Waals surface area contributed by atoms with E-state index in [0.717, 1.165) is 44.6 Å². The van der Waals surface area contributed by atoms with Gasteiger partial charge in [-0.05, 0) is 31.9 Å². The van der Waals surface area contributed by atoms with Crippen molar-refractivity contribution in [1.82, 2.24) is 10.2 Å². The van der Waals surface area contributed by atoms with Crippen LogP contribution in [0.1, 0.15) is 28.8 Å². The molecule has 20 heavy (non-hydrogen) atoms. The first-order chi connectivity index (χ1) is 9.69. The van der Waals surface area contributed by atoms with E-state index in [0.29, 0.717) is 6.54 Å². The number of benzene rings is 1. The van der Waals surface area contributed by atoms with Gasteiger partial charge >= 0.3 is 0 Å². The van der Waals surface area contributed by atoms with Crippen LogP contribution in [-0.4, -0.2) is 49.2 Å². The maximum Gasteiger partial charge on any atom is 0.253 e. The van der Waals surface area contributed by atoms with Crippen molar-refractivity contribution in [2.45, 2.75) is 25.4 Å². The first-order valence-electron chi connectivity index (χ1n) is 7.39. The first kappa shape index (κ1) is 13.6. The average molecular weight is 274 g/mol. The molecule has 0 saturated carbocycles. The van der Waals surface area contributed by atoms with Crippen molar-refractivity contribution in [2.75, 3.05) is 32.8 Å². The van der Waals surface area contributed by atoms with Gasteiger partial charge in [-0.15, -0.1) is 0 Å². The SMILES string of the molecule is Cc1ccc(C(=O)N2CCCC3(CNCCO3)C2)cc1. The van der Waals surface area contributed by atoms with Crippen molar-refractivity contribution >= 4 is 5.91 Å². The van der Waals surface area contributed by atoms with E-state index in [1.54, 1.807) is 0 Å². The number of piperidine rings is 1. The minimum Gasteiger partial charge on any atom is -0.370 e. The molecule has 2 fully saturated rings. The Balaban J connectivity index is 1.73. The van der Waals surface area contributed by atoms with E-state index in [4.69, 9.17) is 4.74 Å². The molecule has 2 heterocycles. The van der Waals surface area contributed by atoms with Crippen molar-refractivity contribution in [3.05, 3.63) is 35.4 Å². The summed E-state index contributed by atoms with van der Waals surface area (Å²) >= 11 is 0. The summed E-state index contributed by atoms with van der Waals surface area (Å²) in [7, 11) is 0. The highest BCUT2D eigenvalue weighted by molar-refractivity contribution is 5.94. The fourth-order valence-electron chi connectivity index (χ4n) is 3.12. The molecule has 108 valence electrons. The number of ether oxygens (including phenoxy) is 1. The van der Waals surface area contributed by atoms with Crippen molar-refractivity contribution in [2.24, 2.45) is 0 Å². The molecule has 1 N–H and O–H groups in total. The van der Waals surface area contributed by atoms with E-state index < -0.39 is 0 Å². The average Bonchev–Trinajstić information content (AvgIpc) is 2.48. The number of carbonyl (C=O) groups excluding carboxylic acids is 1. The smallest absolute Gasteiger partial charge is 0.253 e. The molecule has 0 bridgehead atoms. The number of nitrogens with zero attached hydrogens (tertiary/aromatic N) is 1. The van der Waals surface area contributed by atoms with E-state index in [1.165, 1.54) is 5.56 Å². The van der Waals surface area contributed by atoms with Crippen LogP contribution in [0.3, 0.4) is 0 Å². The molecule has 0 aromatic heterocycles. The van der Waals surface area contributed by atoms with Crippen molar-refractivity contribution in [3.8, 4) is 0 Å². The van der Waals surface area contributed by atoms with E-state index >= 15 is 0 Å². The number of rotatable bonds is 1. The quantitative estimate of drug-likeness (QED) is 0.845. The summed E-state index contributed by atoms with van der Waals surface area (Å²) in [6.07, 6.45) is 2.05. The van der Waals surface area contributed by atoms with E-state index in [1.807, 2.05) is 36.1 Å². The molecule has 4 nitrogen and oxygen atoms in total. The van der Waals surface area contributed by atoms with E-state index in [9.17, 15) is 4.79 Å². The Morgan fingerprint density at radius 3 is 2.85 bits per heavy atom. The molecule has 1 atom stereocenters. The lowest BCUT2D eigenvalue weighted by molar-refractivity contribution is -0.0989. The largest absolute Gasteiger partial charge is 0.370 e. The van der Waals surface area contributed by atoms with Crippen LogP contribution in [0.25, 0.3) is 0 Å². The number of aryl methyl sites for hydroxylation is 1. The summed E-state index contributed by atoms with van der Waals surface area (Å²) < 4.78 is 5.99. The van der Waals surface area contributed by atoms with Gasteiger partial charge in [0, 0.05) is 25.2 Å². The number of nitrogens with one attached hydrogen (secondary N) is 1. The lowest BCUT2D eigenvalue weighted by Crippen LogP contribution is -2.59. The third kappa shape index (κ3) is 2.72. The van der Waals surface area contributed by atoms with Gasteiger partial charge in [0.15, 0.2) is 0 Å². The predicted octanol–water partition coefficient (Wildman–Crippen LogP) is 1.59. The van der Waals surface area contributed by atoms with Crippen LogP contribution in [-0.2, 0) is 4.74 Å². The third-order valence-electron chi connectivity index (χ3n) is 4.26. The van der Waals surface area contributed by atoms with Crippen LogP contribution < -0.4 is 5.32 Å². The van der Waals surface area contributed by atoms with Gasteiger partial charge in [-0.2, -0.15) is 0 Å². The molecule has 1 aromatic carbocycles.